The molecule has 30 heavy (non-hydrogen) atoms. The molecule has 162 valence electrons. The number of alkyl halides is 3. The van der Waals surface area contributed by atoms with Gasteiger partial charge in [-0.2, -0.15) is 13.2 Å². The Labute approximate surface area is 169 Å². The zero-order chi connectivity index (χ0) is 21.3. The van der Waals surface area contributed by atoms with Crippen LogP contribution in [0, 0.1) is 5.92 Å². The molecular weight excluding hydrogens is 423 g/mol. The zero-order valence-electron chi connectivity index (χ0n) is 16.0. The van der Waals surface area contributed by atoms with Crippen molar-refractivity contribution in [2.45, 2.75) is 50.1 Å². The Morgan fingerprint density at radius 1 is 1.33 bits per heavy atom. The molecule has 12 heteroatoms. The second kappa shape index (κ2) is 6.41. The number of halogens is 3. The van der Waals surface area contributed by atoms with Crippen molar-refractivity contribution in [3.63, 3.8) is 0 Å². The smallest absolute Gasteiger partial charge is 0.363 e. The fourth-order valence-corrected chi connectivity index (χ4v) is 5.78. The van der Waals surface area contributed by atoms with E-state index in [0.29, 0.717) is 24.1 Å². The van der Waals surface area contributed by atoms with Gasteiger partial charge in [0.25, 0.3) is 0 Å². The maximum atomic E-state index is 12.4. The number of aromatic amines is 1. The van der Waals surface area contributed by atoms with Crippen molar-refractivity contribution < 1.29 is 26.3 Å². The molecule has 2 fully saturated rings. The van der Waals surface area contributed by atoms with Crippen LogP contribution in [0.15, 0.2) is 24.7 Å². The highest BCUT2D eigenvalue weighted by Crippen LogP contribution is 2.56. The van der Waals surface area contributed by atoms with E-state index in [9.17, 15) is 21.6 Å². The number of fused-ring (bicyclic) bond motifs is 3. The molecule has 5 rings (SSSR count). The predicted molar refractivity (Wildman–Crippen MR) is 101 cm³/mol. The number of H-pyrrole nitrogens is 1. The molecule has 0 amide bonds. The quantitative estimate of drug-likeness (QED) is 0.632. The van der Waals surface area contributed by atoms with Gasteiger partial charge in [-0.05, 0) is 24.8 Å². The largest absolute Gasteiger partial charge is 0.390 e. The van der Waals surface area contributed by atoms with Crippen molar-refractivity contribution in [1.82, 2.24) is 24.1 Å². The Balaban J connectivity index is 1.36. The van der Waals surface area contributed by atoms with Gasteiger partial charge in [-0.3, -0.25) is 4.40 Å². The molecule has 2 aliphatic rings. The van der Waals surface area contributed by atoms with Gasteiger partial charge in [0.15, 0.2) is 11.3 Å². The summed E-state index contributed by atoms with van der Waals surface area (Å²) in [6.07, 6.45) is 0.0286. The molecule has 1 saturated carbocycles. The summed E-state index contributed by atoms with van der Waals surface area (Å²) in [5.41, 5.74) is 2.39. The van der Waals surface area contributed by atoms with Crippen LogP contribution in [0.2, 0.25) is 0 Å². The number of hydrogen-bond acceptors (Lipinski definition) is 5. The first-order chi connectivity index (χ1) is 14.1. The van der Waals surface area contributed by atoms with Crippen LogP contribution in [0.3, 0.4) is 0 Å². The maximum absolute atomic E-state index is 12.4. The molecule has 4 atom stereocenters. The first kappa shape index (κ1) is 19.8. The molecule has 3 aromatic rings. The Hall–Kier alpha value is -2.18. The van der Waals surface area contributed by atoms with E-state index in [1.807, 2.05) is 17.4 Å². The van der Waals surface area contributed by atoms with Crippen molar-refractivity contribution >= 4 is 26.8 Å². The van der Waals surface area contributed by atoms with Gasteiger partial charge in [0.05, 0.1) is 47.4 Å². The normalized spacial score (nSPS) is 29.4. The molecule has 1 aliphatic heterocycles. The van der Waals surface area contributed by atoms with E-state index in [1.54, 1.807) is 18.6 Å². The first-order valence-corrected chi connectivity index (χ1v) is 11.3. The molecule has 0 aromatic carbocycles. The average Bonchev–Trinajstić information content (AvgIpc) is 3.07. The summed E-state index contributed by atoms with van der Waals surface area (Å²) < 4.78 is 71.9. The summed E-state index contributed by atoms with van der Waals surface area (Å²) >= 11 is 0. The molecule has 0 bridgehead atoms. The van der Waals surface area contributed by atoms with Crippen LogP contribution in [0.5, 0.6) is 0 Å². The standard InChI is InChI=1S/C18H20F3N5O3S/c1-10-6-17(7-13(17)25-30(27,28)5-3-18(19,20)21)29-15(10)12-8-23-14-9-24-16-11(26(12)14)2-4-22-16/h2,4,8-10,13,15,22,25H,3,5-7H2,1H3/t10-,13?,15+,17?/m0/s1. The minimum absolute atomic E-state index is 0.0803. The van der Waals surface area contributed by atoms with Gasteiger partial charge < -0.3 is 9.72 Å². The Morgan fingerprint density at radius 2 is 2.13 bits per heavy atom. The molecule has 0 radical (unpaired) electrons. The van der Waals surface area contributed by atoms with E-state index in [4.69, 9.17) is 4.74 Å². The third-order valence-corrected chi connectivity index (χ3v) is 7.29. The summed E-state index contributed by atoms with van der Waals surface area (Å²) in [5, 5.41) is 0. The fourth-order valence-electron chi connectivity index (χ4n) is 4.43. The Bertz CT molecular complexity index is 1220. The lowest BCUT2D eigenvalue weighted by molar-refractivity contribution is -0.130. The van der Waals surface area contributed by atoms with Crippen LogP contribution < -0.4 is 4.72 Å². The minimum atomic E-state index is -4.51. The zero-order valence-corrected chi connectivity index (χ0v) is 16.8. The molecule has 1 aliphatic carbocycles. The first-order valence-electron chi connectivity index (χ1n) is 9.61. The number of imidazole rings is 1. The van der Waals surface area contributed by atoms with Gasteiger partial charge in [0.2, 0.25) is 10.0 Å². The van der Waals surface area contributed by atoms with Gasteiger partial charge >= 0.3 is 6.18 Å². The van der Waals surface area contributed by atoms with E-state index < -0.39 is 40.0 Å². The number of hydrogen-bond donors (Lipinski definition) is 2. The second-order valence-corrected chi connectivity index (χ2v) is 10.1. The molecule has 8 nitrogen and oxygen atoms in total. The molecule has 1 saturated heterocycles. The molecule has 3 aromatic heterocycles. The number of nitrogens with one attached hydrogen (secondary N) is 2. The van der Waals surface area contributed by atoms with Crippen LogP contribution in [0.25, 0.3) is 16.8 Å². The topological polar surface area (TPSA) is 101 Å². The number of rotatable bonds is 5. The molecule has 4 heterocycles. The van der Waals surface area contributed by atoms with Gasteiger partial charge in [0, 0.05) is 6.20 Å². The number of nitrogens with zero attached hydrogens (tertiary/aromatic N) is 3. The van der Waals surface area contributed by atoms with E-state index in [1.165, 1.54) is 0 Å². The van der Waals surface area contributed by atoms with Crippen LogP contribution in [-0.4, -0.2) is 51.3 Å². The summed E-state index contributed by atoms with van der Waals surface area (Å²) in [6.45, 7) is 2.02. The van der Waals surface area contributed by atoms with Crippen molar-refractivity contribution in [1.29, 1.82) is 0 Å². The monoisotopic (exact) mass is 443 g/mol. The van der Waals surface area contributed by atoms with Crippen molar-refractivity contribution in [2.75, 3.05) is 5.75 Å². The van der Waals surface area contributed by atoms with E-state index in [-0.39, 0.29) is 12.0 Å². The maximum Gasteiger partial charge on any atom is 0.390 e. The minimum Gasteiger partial charge on any atom is -0.363 e. The van der Waals surface area contributed by atoms with Gasteiger partial charge in [0.1, 0.15) is 6.10 Å². The second-order valence-electron chi connectivity index (χ2n) is 8.19. The molecule has 2 unspecified atom stereocenters. The number of ether oxygens (including phenoxy) is 1. The van der Waals surface area contributed by atoms with Crippen LogP contribution >= 0.6 is 0 Å². The number of sulfonamides is 1. The highest BCUT2D eigenvalue weighted by Gasteiger charge is 2.63. The molecular formula is C18H20F3N5O3S. The highest BCUT2D eigenvalue weighted by molar-refractivity contribution is 7.89. The third kappa shape index (κ3) is 3.36. The SMILES string of the molecule is C[C@H]1CC2(CC2NS(=O)(=O)CCC(F)(F)F)O[C@H]1c1cnc2cnc3[nH]ccc3n12. The lowest BCUT2D eigenvalue weighted by Crippen LogP contribution is -2.35. The highest BCUT2D eigenvalue weighted by atomic mass is 32.2. The van der Waals surface area contributed by atoms with Gasteiger partial charge in [-0.25, -0.2) is 23.1 Å². The Kier molecular flexibility index (Phi) is 4.22. The van der Waals surface area contributed by atoms with E-state index in [0.717, 1.165) is 11.2 Å². The van der Waals surface area contributed by atoms with Crippen molar-refractivity contribution in [2.24, 2.45) is 5.92 Å². The van der Waals surface area contributed by atoms with E-state index >= 15 is 0 Å². The van der Waals surface area contributed by atoms with Crippen LogP contribution in [-0.2, 0) is 14.8 Å². The lowest BCUT2D eigenvalue weighted by atomic mass is 9.99. The summed E-state index contributed by atoms with van der Waals surface area (Å²) in [7, 11) is -4.04. The van der Waals surface area contributed by atoms with Crippen LogP contribution in [0.4, 0.5) is 13.2 Å². The lowest BCUT2D eigenvalue weighted by Gasteiger charge is -2.16. The van der Waals surface area contributed by atoms with Gasteiger partial charge in [-0.15, -0.1) is 0 Å². The van der Waals surface area contributed by atoms with Crippen molar-refractivity contribution in [3.05, 3.63) is 30.4 Å². The summed E-state index contributed by atoms with van der Waals surface area (Å²) in [6, 6.07) is 1.38. The summed E-state index contributed by atoms with van der Waals surface area (Å²) in [4.78, 5) is 11.8. The fraction of sp³-hybridized carbons (Fsp3) is 0.556. The van der Waals surface area contributed by atoms with Crippen LogP contribution in [0.1, 0.15) is 38.0 Å². The Morgan fingerprint density at radius 3 is 2.90 bits per heavy atom. The molecule has 1 spiro atoms. The van der Waals surface area contributed by atoms with E-state index in [2.05, 4.69) is 19.7 Å². The summed E-state index contributed by atoms with van der Waals surface area (Å²) in [5.74, 6) is -0.898. The third-order valence-electron chi connectivity index (χ3n) is 5.91. The molecule has 2 N–H and O–H groups in total. The predicted octanol–water partition coefficient (Wildman–Crippen LogP) is 2.69. The van der Waals surface area contributed by atoms with Gasteiger partial charge in [-0.1, -0.05) is 6.92 Å². The average molecular weight is 443 g/mol. The number of aromatic nitrogens is 4. The van der Waals surface area contributed by atoms with Crippen molar-refractivity contribution in [3.8, 4) is 0 Å².